The van der Waals surface area contributed by atoms with Gasteiger partial charge in [0.2, 0.25) is 0 Å². The predicted octanol–water partition coefficient (Wildman–Crippen LogP) is 5.53. The van der Waals surface area contributed by atoms with Gasteiger partial charge in [-0.05, 0) is 92.4 Å². The SMILES string of the molecule is CC(C)c1cc(Oc2c(Br)cc(C(=O)NS(=O)(=O)c3ccc(N)cc3)cc2Br)ccc1O. The van der Waals surface area contributed by atoms with Crippen molar-refractivity contribution in [2.45, 2.75) is 24.7 Å². The molecule has 7 nitrogen and oxygen atoms in total. The third-order valence-corrected chi connectivity index (χ3v) is 7.04. The molecule has 0 radical (unpaired) electrons. The monoisotopic (exact) mass is 582 g/mol. The number of carbonyl (C=O) groups is 1. The van der Waals surface area contributed by atoms with Crippen molar-refractivity contribution in [3.63, 3.8) is 0 Å². The standard InChI is InChI=1S/C22H20Br2N2O5S/c1-12(2)17-11-15(5-8-20(17)27)31-21-18(23)9-13(10-19(21)24)22(28)26-32(29,30)16-6-3-14(25)4-7-16/h3-12,27H,25H2,1-2H3,(H,26,28). The van der Waals surface area contributed by atoms with Crippen LogP contribution in [0.15, 0.2) is 68.4 Å². The fraction of sp³-hybridized carbons (Fsp3) is 0.136. The maximum atomic E-state index is 12.6. The second-order valence-electron chi connectivity index (χ2n) is 7.25. The van der Waals surface area contributed by atoms with E-state index in [4.69, 9.17) is 10.5 Å². The summed E-state index contributed by atoms with van der Waals surface area (Å²) in [6.45, 7) is 3.91. The molecule has 1 amide bonds. The van der Waals surface area contributed by atoms with Crippen LogP contribution in [0.25, 0.3) is 0 Å². The van der Waals surface area contributed by atoms with Crippen LogP contribution >= 0.6 is 31.9 Å². The van der Waals surface area contributed by atoms with E-state index in [1.165, 1.54) is 36.4 Å². The Morgan fingerprint density at radius 1 is 1.03 bits per heavy atom. The van der Waals surface area contributed by atoms with Gasteiger partial charge in [0.25, 0.3) is 15.9 Å². The van der Waals surface area contributed by atoms with Crippen molar-refractivity contribution in [1.82, 2.24) is 4.72 Å². The van der Waals surface area contributed by atoms with Crippen LogP contribution in [0, 0.1) is 0 Å². The lowest BCUT2D eigenvalue weighted by Crippen LogP contribution is -2.30. The number of carbonyl (C=O) groups excluding carboxylic acids is 1. The molecule has 4 N–H and O–H groups in total. The minimum Gasteiger partial charge on any atom is -0.508 e. The maximum Gasteiger partial charge on any atom is 0.265 e. The molecular formula is C22H20Br2N2O5S. The summed E-state index contributed by atoms with van der Waals surface area (Å²) in [5.74, 6) is 0.361. The molecule has 168 valence electrons. The van der Waals surface area contributed by atoms with E-state index in [1.807, 2.05) is 18.6 Å². The van der Waals surface area contributed by atoms with E-state index in [9.17, 15) is 18.3 Å². The molecule has 0 heterocycles. The Hall–Kier alpha value is -2.56. The highest BCUT2D eigenvalue weighted by Crippen LogP contribution is 2.39. The number of aromatic hydroxyl groups is 1. The van der Waals surface area contributed by atoms with E-state index in [0.717, 1.165) is 5.56 Å². The maximum absolute atomic E-state index is 12.6. The van der Waals surface area contributed by atoms with Gasteiger partial charge in [0.05, 0.1) is 13.8 Å². The van der Waals surface area contributed by atoms with Gasteiger partial charge in [-0.25, -0.2) is 13.1 Å². The van der Waals surface area contributed by atoms with Gasteiger partial charge in [-0.15, -0.1) is 0 Å². The number of sulfonamides is 1. The minimum atomic E-state index is -4.07. The van der Waals surface area contributed by atoms with Crippen LogP contribution in [0.3, 0.4) is 0 Å². The molecule has 0 bridgehead atoms. The number of amides is 1. The Labute approximate surface area is 202 Å². The summed E-state index contributed by atoms with van der Waals surface area (Å²) in [4.78, 5) is 12.5. The van der Waals surface area contributed by atoms with E-state index in [0.29, 0.717) is 26.1 Å². The van der Waals surface area contributed by atoms with Gasteiger partial charge < -0.3 is 15.6 Å². The summed E-state index contributed by atoms with van der Waals surface area (Å²) in [6, 6.07) is 13.3. The molecule has 0 aliphatic heterocycles. The first-order valence-electron chi connectivity index (χ1n) is 9.40. The zero-order valence-corrected chi connectivity index (χ0v) is 21.1. The van der Waals surface area contributed by atoms with Gasteiger partial charge >= 0.3 is 0 Å². The predicted molar refractivity (Wildman–Crippen MR) is 130 cm³/mol. The van der Waals surface area contributed by atoms with Gasteiger partial charge in [-0.2, -0.15) is 0 Å². The lowest BCUT2D eigenvalue weighted by atomic mass is 10.0. The molecule has 10 heteroatoms. The Morgan fingerprint density at radius 3 is 2.19 bits per heavy atom. The van der Waals surface area contributed by atoms with Crippen LogP contribution in [0.4, 0.5) is 5.69 Å². The van der Waals surface area contributed by atoms with Crippen molar-refractivity contribution in [2.24, 2.45) is 0 Å². The number of nitrogens with one attached hydrogen (secondary N) is 1. The molecule has 0 aromatic heterocycles. The Balaban J connectivity index is 1.85. The largest absolute Gasteiger partial charge is 0.508 e. The van der Waals surface area contributed by atoms with Crippen molar-refractivity contribution in [3.05, 3.63) is 74.7 Å². The van der Waals surface area contributed by atoms with Gasteiger partial charge in [-0.1, -0.05) is 13.8 Å². The quantitative estimate of drug-likeness (QED) is 0.328. The van der Waals surface area contributed by atoms with Crippen molar-refractivity contribution in [2.75, 3.05) is 5.73 Å². The number of halogens is 2. The van der Waals surface area contributed by atoms with E-state index in [-0.39, 0.29) is 22.1 Å². The molecule has 0 saturated heterocycles. The van der Waals surface area contributed by atoms with Crippen LogP contribution in [0.2, 0.25) is 0 Å². The molecule has 0 aliphatic carbocycles. The lowest BCUT2D eigenvalue weighted by Gasteiger charge is -2.15. The van der Waals surface area contributed by atoms with Crippen molar-refractivity contribution in [1.29, 1.82) is 0 Å². The van der Waals surface area contributed by atoms with Crippen LogP contribution in [0.1, 0.15) is 35.7 Å². The summed E-state index contributed by atoms with van der Waals surface area (Å²) in [5, 5.41) is 9.99. The Morgan fingerprint density at radius 2 is 1.62 bits per heavy atom. The topological polar surface area (TPSA) is 119 Å². The lowest BCUT2D eigenvalue weighted by molar-refractivity contribution is 0.0981. The number of phenolic OH excluding ortho intramolecular Hbond substituents is 1. The molecule has 3 aromatic carbocycles. The van der Waals surface area contributed by atoms with Gasteiger partial charge in [0.1, 0.15) is 11.5 Å². The number of nitrogen functional groups attached to an aromatic ring is 1. The average Bonchev–Trinajstić information content (AvgIpc) is 2.71. The van der Waals surface area contributed by atoms with Crippen LogP contribution < -0.4 is 15.2 Å². The molecule has 0 saturated carbocycles. The fourth-order valence-electron chi connectivity index (χ4n) is 2.85. The van der Waals surface area contributed by atoms with E-state index in [1.54, 1.807) is 18.2 Å². The van der Waals surface area contributed by atoms with Gasteiger partial charge in [0, 0.05) is 16.8 Å². The first-order valence-corrected chi connectivity index (χ1v) is 12.5. The van der Waals surface area contributed by atoms with Crippen LogP contribution in [0.5, 0.6) is 17.2 Å². The van der Waals surface area contributed by atoms with Crippen LogP contribution in [-0.4, -0.2) is 19.4 Å². The first-order chi connectivity index (χ1) is 15.0. The van der Waals surface area contributed by atoms with E-state index >= 15 is 0 Å². The number of hydrogen-bond donors (Lipinski definition) is 3. The van der Waals surface area contributed by atoms with Crippen LogP contribution in [-0.2, 0) is 10.0 Å². The summed E-state index contributed by atoms with van der Waals surface area (Å²) in [6.07, 6.45) is 0. The number of hydrogen-bond acceptors (Lipinski definition) is 6. The first kappa shape index (κ1) is 24.1. The molecular weight excluding hydrogens is 564 g/mol. The molecule has 0 atom stereocenters. The smallest absolute Gasteiger partial charge is 0.265 e. The minimum absolute atomic E-state index is 0.0774. The number of ether oxygens (including phenoxy) is 1. The summed E-state index contributed by atoms with van der Waals surface area (Å²) >= 11 is 6.74. The average molecular weight is 584 g/mol. The highest BCUT2D eigenvalue weighted by Gasteiger charge is 2.21. The van der Waals surface area contributed by atoms with E-state index in [2.05, 4.69) is 31.9 Å². The molecule has 0 fully saturated rings. The number of anilines is 1. The highest BCUT2D eigenvalue weighted by molar-refractivity contribution is 9.11. The number of nitrogens with two attached hydrogens (primary N) is 1. The summed E-state index contributed by atoms with van der Waals surface area (Å²) < 4.78 is 33.8. The highest BCUT2D eigenvalue weighted by atomic mass is 79.9. The zero-order valence-electron chi connectivity index (χ0n) is 17.1. The summed E-state index contributed by atoms with van der Waals surface area (Å²) in [5.41, 5.74) is 6.82. The Bertz CT molecular complexity index is 1250. The zero-order chi connectivity index (χ0) is 23.6. The molecule has 0 aliphatic rings. The second-order valence-corrected chi connectivity index (χ2v) is 10.6. The van der Waals surface area contributed by atoms with E-state index < -0.39 is 15.9 Å². The molecule has 0 unspecified atom stereocenters. The van der Waals surface area contributed by atoms with Gasteiger partial charge in [0.15, 0.2) is 5.75 Å². The summed E-state index contributed by atoms with van der Waals surface area (Å²) in [7, 11) is -4.07. The van der Waals surface area contributed by atoms with Crippen molar-refractivity contribution in [3.8, 4) is 17.2 Å². The van der Waals surface area contributed by atoms with Gasteiger partial charge in [-0.3, -0.25) is 4.79 Å². The molecule has 0 spiro atoms. The number of benzene rings is 3. The van der Waals surface area contributed by atoms with Crippen molar-refractivity contribution >= 4 is 53.5 Å². The number of phenols is 1. The van der Waals surface area contributed by atoms with Crippen molar-refractivity contribution < 1.29 is 23.1 Å². The Kier molecular flexibility index (Phi) is 7.16. The molecule has 32 heavy (non-hydrogen) atoms. The molecule has 3 aromatic rings. The number of rotatable bonds is 6. The fourth-order valence-corrected chi connectivity index (χ4v) is 5.17. The second kappa shape index (κ2) is 9.51. The molecule has 3 rings (SSSR count). The third-order valence-electron chi connectivity index (χ3n) is 4.52. The normalized spacial score (nSPS) is 11.4. The third kappa shape index (κ3) is 5.43.